The fourth-order valence-corrected chi connectivity index (χ4v) is 4.21. The second-order valence-electron chi connectivity index (χ2n) is 9.69. The van der Waals surface area contributed by atoms with Gasteiger partial charge < -0.3 is 37.6 Å². The molecule has 0 saturated carbocycles. The molecule has 12 heteroatoms. The molecule has 1 aromatic rings. The van der Waals surface area contributed by atoms with Gasteiger partial charge in [0, 0.05) is 6.42 Å². The van der Waals surface area contributed by atoms with Crippen LogP contribution in [0.5, 0.6) is 5.75 Å². The Bertz CT molecular complexity index is 899. The van der Waals surface area contributed by atoms with Gasteiger partial charge in [0.15, 0.2) is 0 Å². The van der Waals surface area contributed by atoms with Crippen molar-refractivity contribution in [1.82, 2.24) is 16.0 Å². The SMILES string of the molecule is CSCCC(NC(=O)C(CC(C)C)NC(=O)C(Cc1ccc(O)cc1)NC(=O)C(N)CCCCN)C(=O)O. The minimum Gasteiger partial charge on any atom is -0.508 e. The summed E-state index contributed by atoms with van der Waals surface area (Å²) in [5, 5.41) is 27.0. The predicted molar refractivity (Wildman–Crippen MR) is 149 cm³/mol. The number of benzene rings is 1. The molecule has 0 saturated heterocycles. The van der Waals surface area contributed by atoms with Crippen LogP contribution in [0, 0.1) is 5.92 Å². The Morgan fingerprint density at radius 3 is 2.03 bits per heavy atom. The number of carbonyl (C=O) groups is 4. The van der Waals surface area contributed by atoms with Crippen LogP contribution in [0.3, 0.4) is 0 Å². The zero-order valence-corrected chi connectivity index (χ0v) is 23.3. The van der Waals surface area contributed by atoms with Crippen molar-refractivity contribution >= 4 is 35.5 Å². The number of aliphatic carboxylic acids is 1. The van der Waals surface area contributed by atoms with Crippen LogP contribution in [0.4, 0.5) is 0 Å². The van der Waals surface area contributed by atoms with Crippen molar-refractivity contribution in [3.8, 4) is 5.75 Å². The van der Waals surface area contributed by atoms with Gasteiger partial charge in [-0.05, 0) is 67.9 Å². The van der Waals surface area contributed by atoms with E-state index in [4.69, 9.17) is 11.5 Å². The highest BCUT2D eigenvalue weighted by Crippen LogP contribution is 2.13. The van der Waals surface area contributed by atoms with E-state index >= 15 is 0 Å². The van der Waals surface area contributed by atoms with Crippen molar-refractivity contribution in [2.24, 2.45) is 17.4 Å². The summed E-state index contributed by atoms with van der Waals surface area (Å²) in [4.78, 5) is 50.8. The molecule has 0 aliphatic heterocycles. The largest absolute Gasteiger partial charge is 0.508 e. The number of hydrogen-bond donors (Lipinski definition) is 7. The molecule has 3 amide bonds. The maximum absolute atomic E-state index is 13.4. The molecule has 9 N–H and O–H groups in total. The lowest BCUT2D eigenvalue weighted by Crippen LogP contribution is -2.57. The molecule has 4 atom stereocenters. The first-order valence-corrected chi connectivity index (χ1v) is 14.2. The summed E-state index contributed by atoms with van der Waals surface area (Å²) in [6.07, 6.45) is 4.24. The van der Waals surface area contributed by atoms with Gasteiger partial charge >= 0.3 is 5.97 Å². The number of carboxylic acid groups (broad SMARTS) is 1. The van der Waals surface area contributed by atoms with E-state index in [1.165, 1.54) is 23.9 Å². The van der Waals surface area contributed by atoms with Crippen molar-refractivity contribution in [2.45, 2.75) is 76.5 Å². The van der Waals surface area contributed by atoms with E-state index in [0.717, 1.165) is 6.42 Å². The molecule has 1 aromatic carbocycles. The van der Waals surface area contributed by atoms with E-state index in [2.05, 4.69) is 16.0 Å². The molecular formula is C26H43N5O6S. The fourth-order valence-electron chi connectivity index (χ4n) is 3.74. The highest BCUT2D eigenvalue weighted by Gasteiger charge is 2.30. The molecule has 4 unspecified atom stereocenters. The van der Waals surface area contributed by atoms with Gasteiger partial charge in [-0.25, -0.2) is 4.79 Å². The Hall–Kier alpha value is -2.83. The lowest BCUT2D eigenvalue weighted by molar-refractivity contribution is -0.142. The molecule has 0 radical (unpaired) electrons. The van der Waals surface area contributed by atoms with Gasteiger partial charge in [0.1, 0.15) is 23.9 Å². The third-order valence-electron chi connectivity index (χ3n) is 5.88. The van der Waals surface area contributed by atoms with Crippen molar-refractivity contribution in [2.75, 3.05) is 18.6 Å². The number of rotatable bonds is 18. The van der Waals surface area contributed by atoms with Gasteiger partial charge in [-0.15, -0.1) is 0 Å². The quantitative estimate of drug-likeness (QED) is 0.128. The Morgan fingerprint density at radius 2 is 1.47 bits per heavy atom. The number of phenols is 1. The summed E-state index contributed by atoms with van der Waals surface area (Å²) >= 11 is 1.47. The van der Waals surface area contributed by atoms with Crippen molar-refractivity contribution in [3.05, 3.63) is 29.8 Å². The first-order chi connectivity index (χ1) is 18.0. The molecule has 0 bridgehead atoms. The van der Waals surface area contributed by atoms with Crippen molar-refractivity contribution in [1.29, 1.82) is 0 Å². The standard InChI is InChI=1S/C26H43N5O6S/c1-16(2)14-21(24(34)29-20(26(36)37)11-13-38-3)31-25(35)22(15-17-7-9-18(32)10-8-17)30-23(33)19(28)6-4-5-12-27/h7-10,16,19-22,32H,4-6,11-15,27-28H2,1-3H3,(H,29,34)(H,30,33)(H,31,35)(H,36,37). The van der Waals surface area contributed by atoms with Crippen LogP contribution in [0.1, 0.15) is 51.5 Å². The number of phenolic OH excluding ortho intramolecular Hbond substituents is 1. The van der Waals surface area contributed by atoms with Crippen LogP contribution in [0.25, 0.3) is 0 Å². The fraction of sp³-hybridized carbons (Fsp3) is 0.615. The average Bonchev–Trinajstić information content (AvgIpc) is 2.86. The van der Waals surface area contributed by atoms with Gasteiger partial charge in [-0.1, -0.05) is 32.4 Å². The molecule has 0 aromatic heterocycles. The number of nitrogens with two attached hydrogens (primary N) is 2. The average molecular weight is 554 g/mol. The van der Waals surface area contributed by atoms with Gasteiger partial charge in [0.05, 0.1) is 6.04 Å². The minimum absolute atomic E-state index is 0.0154. The Balaban J connectivity index is 3.08. The number of thioether (sulfide) groups is 1. The van der Waals surface area contributed by atoms with E-state index in [1.807, 2.05) is 20.1 Å². The van der Waals surface area contributed by atoms with Crippen LogP contribution >= 0.6 is 11.8 Å². The Labute approximate surface area is 228 Å². The normalized spacial score (nSPS) is 14.3. The smallest absolute Gasteiger partial charge is 0.326 e. The molecule has 214 valence electrons. The lowest BCUT2D eigenvalue weighted by atomic mass is 10.00. The van der Waals surface area contributed by atoms with E-state index in [-0.39, 0.29) is 30.9 Å². The van der Waals surface area contributed by atoms with Crippen LogP contribution in [0.2, 0.25) is 0 Å². The summed E-state index contributed by atoms with van der Waals surface area (Å²) in [6.45, 7) is 4.25. The third kappa shape index (κ3) is 12.6. The zero-order valence-electron chi connectivity index (χ0n) is 22.4. The predicted octanol–water partition coefficient (Wildman–Crippen LogP) is 0.729. The number of amides is 3. The van der Waals surface area contributed by atoms with Crippen molar-refractivity contribution < 1.29 is 29.4 Å². The second-order valence-corrected chi connectivity index (χ2v) is 10.7. The maximum Gasteiger partial charge on any atom is 0.326 e. The van der Waals surface area contributed by atoms with Crippen LogP contribution in [-0.4, -0.2) is 76.6 Å². The molecule has 0 spiro atoms. The second kappa shape index (κ2) is 17.6. The monoisotopic (exact) mass is 553 g/mol. The summed E-state index contributed by atoms with van der Waals surface area (Å²) in [5.74, 6) is -2.24. The molecule has 0 heterocycles. The highest BCUT2D eigenvalue weighted by atomic mass is 32.2. The molecule has 0 aliphatic carbocycles. The number of hydrogen-bond acceptors (Lipinski definition) is 8. The van der Waals surface area contributed by atoms with Crippen molar-refractivity contribution in [3.63, 3.8) is 0 Å². The number of unbranched alkanes of at least 4 members (excludes halogenated alkanes) is 1. The number of carboxylic acids is 1. The van der Waals surface area contributed by atoms with E-state index in [0.29, 0.717) is 30.7 Å². The summed E-state index contributed by atoms with van der Waals surface area (Å²) < 4.78 is 0. The number of carbonyl (C=O) groups excluding carboxylic acids is 3. The third-order valence-corrected chi connectivity index (χ3v) is 6.52. The molecule has 11 nitrogen and oxygen atoms in total. The summed E-state index contributed by atoms with van der Waals surface area (Å²) in [7, 11) is 0. The van der Waals surface area contributed by atoms with Gasteiger partial charge in [0.25, 0.3) is 0 Å². The first kappa shape index (κ1) is 33.2. The van der Waals surface area contributed by atoms with Gasteiger partial charge in [-0.3, -0.25) is 14.4 Å². The van der Waals surface area contributed by atoms with E-state index in [9.17, 15) is 29.4 Å². The maximum atomic E-state index is 13.4. The number of nitrogens with one attached hydrogen (secondary N) is 3. The highest BCUT2D eigenvalue weighted by molar-refractivity contribution is 7.98. The molecule has 38 heavy (non-hydrogen) atoms. The molecular weight excluding hydrogens is 510 g/mol. The summed E-state index contributed by atoms with van der Waals surface area (Å²) in [5.41, 5.74) is 12.2. The zero-order chi connectivity index (χ0) is 28.7. The van der Waals surface area contributed by atoms with E-state index in [1.54, 1.807) is 12.1 Å². The minimum atomic E-state index is -1.15. The van der Waals surface area contributed by atoms with Gasteiger partial charge in [-0.2, -0.15) is 11.8 Å². The van der Waals surface area contributed by atoms with Crippen LogP contribution in [-0.2, 0) is 25.6 Å². The topological polar surface area (TPSA) is 197 Å². The van der Waals surface area contributed by atoms with E-state index < -0.39 is 47.9 Å². The lowest BCUT2D eigenvalue weighted by Gasteiger charge is -2.26. The van der Waals surface area contributed by atoms with Crippen LogP contribution < -0.4 is 27.4 Å². The first-order valence-electron chi connectivity index (χ1n) is 12.8. The Morgan fingerprint density at radius 1 is 0.895 bits per heavy atom. The molecule has 0 aliphatic rings. The molecule has 0 fully saturated rings. The van der Waals surface area contributed by atoms with Gasteiger partial charge in [0.2, 0.25) is 17.7 Å². The summed E-state index contributed by atoms with van der Waals surface area (Å²) in [6, 6.07) is 2.23. The molecule has 1 rings (SSSR count). The number of aromatic hydroxyl groups is 1. The Kier molecular flexibility index (Phi) is 15.4. The van der Waals surface area contributed by atoms with Crippen LogP contribution in [0.15, 0.2) is 24.3 Å².